The van der Waals surface area contributed by atoms with Gasteiger partial charge < -0.3 is 18.9 Å². The molecule has 0 saturated carbocycles. The Kier molecular flexibility index (Phi) is 17.3. The number of carbonyl (C=O) groups excluding carboxylic acids is 2. The summed E-state index contributed by atoms with van der Waals surface area (Å²) >= 11 is 0. The van der Waals surface area contributed by atoms with Crippen LogP contribution in [0.25, 0.3) is 0 Å². The Morgan fingerprint density at radius 1 is 0.534 bits per heavy atom. The molecule has 0 saturated heterocycles. The number of hydrogen-bond acceptors (Lipinski definition) is 9. The molecule has 0 aliphatic carbocycles. The number of nitriles is 1. The highest BCUT2D eigenvalue weighted by Gasteiger charge is 2.18. The van der Waals surface area contributed by atoms with Gasteiger partial charge in [0.1, 0.15) is 23.1 Å². The van der Waals surface area contributed by atoms with Crippen molar-refractivity contribution >= 4 is 35.7 Å². The number of ether oxygens (including phenoxy) is 4. The van der Waals surface area contributed by atoms with Crippen LogP contribution in [-0.2, 0) is 0 Å². The Balaban J connectivity index is 1.10. The first-order valence-electron chi connectivity index (χ1n) is 20.2. The van der Waals surface area contributed by atoms with Gasteiger partial charge in [-0.1, -0.05) is 95.5 Å². The van der Waals surface area contributed by atoms with Crippen LogP contribution in [0, 0.1) is 11.3 Å². The highest BCUT2D eigenvalue weighted by Crippen LogP contribution is 2.29. The maximum Gasteiger partial charge on any atom is 0.343 e. The van der Waals surface area contributed by atoms with Crippen LogP contribution < -0.4 is 18.9 Å². The molecule has 0 aliphatic heterocycles. The van der Waals surface area contributed by atoms with Crippen LogP contribution in [0.5, 0.6) is 23.0 Å². The van der Waals surface area contributed by atoms with Crippen LogP contribution in [-0.4, -0.2) is 37.6 Å². The van der Waals surface area contributed by atoms with Crippen molar-refractivity contribution in [1.29, 1.82) is 5.26 Å². The average Bonchev–Trinajstić information content (AvgIpc) is 3.26. The quantitative estimate of drug-likeness (QED) is 0.0297. The minimum Gasteiger partial charge on any atom is -0.494 e. The maximum atomic E-state index is 13.1. The van der Waals surface area contributed by atoms with Gasteiger partial charge in [0.05, 0.1) is 35.7 Å². The third kappa shape index (κ3) is 13.9. The largest absolute Gasteiger partial charge is 0.494 e. The molecule has 58 heavy (non-hydrogen) atoms. The van der Waals surface area contributed by atoms with E-state index in [-0.39, 0.29) is 28.2 Å². The van der Waals surface area contributed by atoms with Crippen molar-refractivity contribution in [1.82, 2.24) is 0 Å². The summed E-state index contributed by atoms with van der Waals surface area (Å²) in [6, 6.07) is 35.2. The first kappa shape index (κ1) is 42.6. The fraction of sp³-hybridized carbons (Fsp3) is 0.286. The second kappa shape index (κ2) is 23.5. The molecule has 0 unspecified atom stereocenters. The summed E-state index contributed by atoms with van der Waals surface area (Å²) in [5.41, 5.74) is 3.60. The molecule has 0 amide bonds. The normalized spacial score (nSPS) is 11.1. The van der Waals surface area contributed by atoms with Gasteiger partial charge in [-0.05, 0) is 109 Å². The predicted molar refractivity (Wildman–Crippen MR) is 230 cm³/mol. The number of esters is 2. The van der Waals surface area contributed by atoms with Crippen molar-refractivity contribution in [3.63, 3.8) is 0 Å². The lowest BCUT2D eigenvalue weighted by Crippen LogP contribution is -2.12. The summed E-state index contributed by atoms with van der Waals surface area (Å²) in [6.45, 7) is 5.82. The summed E-state index contributed by atoms with van der Waals surface area (Å²) < 4.78 is 22.8. The molecular formula is C49H51N3O6. The van der Waals surface area contributed by atoms with Gasteiger partial charge in [0.25, 0.3) is 0 Å². The molecule has 0 aliphatic rings. The van der Waals surface area contributed by atoms with Crippen LogP contribution in [0.1, 0.15) is 115 Å². The molecule has 0 heterocycles. The van der Waals surface area contributed by atoms with E-state index >= 15 is 0 Å². The summed E-state index contributed by atoms with van der Waals surface area (Å²) in [5, 5.41) is 9.95. The van der Waals surface area contributed by atoms with Crippen molar-refractivity contribution < 1.29 is 28.5 Å². The molecule has 9 nitrogen and oxygen atoms in total. The van der Waals surface area contributed by atoms with Crippen LogP contribution in [0.4, 0.5) is 11.4 Å². The zero-order valence-electron chi connectivity index (χ0n) is 33.4. The molecule has 0 spiro atoms. The summed E-state index contributed by atoms with van der Waals surface area (Å²) in [7, 11) is 0. The fourth-order valence-corrected chi connectivity index (χ4v) is 5.87. The molecule has 5 aromatic rings. The number of unbranched alkanes of at least 4 members (excludes halogenated alkanes) is 8. The third-order valence-corrected chi connectivity index (χ3v) is 9.23. The lowest BCUT2D eigenvalue weighted by atomic mass is 10.1. The lowest BCUT2D eigenvalue weighted by Gasteiger charge is -2.10. The van der Waals surface area contributed by atoms with Crippen LogP contribution >= 0.6 is 0 Å². The Hall–Kier alpha value is -6.53. The van der Waals surface area contributed by atoms with Gasteiger partial charge in [0.15, 0.2) is 11.5 Å². The molecule has 0 atom stereocenters. The van der Waals surface area contributed by atoms with E-state index in [1.54, 1.807) is 67.0 Å². The monoisotopic (exact) mass is 777 g/mol. The molecule has 0 radical (unpaired) electrons. The third-order valence-electron chi connectivity index (χ3n) is 9.23. The van der Waals surface area contributed by atoms with Gasteiger partial charge in [0.2, 0.25) is 0 Å². The van der Waals surface area contributed by atoms with Crippen molar-refractivity contribution in [2.75, 3.05) is 13.2 Å². The zero-order chi connectivity index (χ0) is 40.8. The molecule has 5 rings (SSSR count). The number of carbonyl (C=O) groups is 2. The topological polar surface area (TPSA) is 120 Å². The minimum absolute atomic E-state index is 0.0269. The standard InChI is InChI=1S/C49H51N3O6/c1-3-5-7-9-11-32-55-43-28-24-41(25-29-43)51-35-37-16-20-39(21-17-37)48(53)57-46-14-13-15-47(45(46)34-50)58-49(54)40-22-18-38(19-23-40)36-52-42-26-30-44(31-27-42)56-33-12-10-8-6-4-2/h13-31,35-36H,3-12,32-33H2,1-2H3. The molecular weight excluding hydrogens is 727 g/mol. The van der Waals surface area contributed by atoms with Crippen LogP contribution in [0.2, 0.25) is 0 Å². The van der Waals surface area contributed by atoms with E-state index in [0.29, 0.717) is 13.2 Å². The smallest absolute Gasteiger partial charge is 0.343 e. The molecule has 0 N–H and O–H groups in total. The first-order chi connectivity index (χ1) is 28.4. The molecule has 9 heteroatoms. The Bertz CT molecular complexity index is 1990. The van der Waals surface area contributed by atoms with Crippen molar-refractivity contribution in [3.8, 4) is 29.1 Å². The Morgan fingerprint density at radius 2 is 0.931 bits per heavy atom. The number of hydrogen-bond donors (Lipinski definition) is 0. The molecule has 5 aromatic carbocycles. The second-order valence-electron chi connectivity index (χ2n) is 13.8. The number of benzene rings is 5. The molecule has 0 fully saturated rings. The van der Waals surface area contributed by atoms with Crippen LogP contribution in [0.15, 0.2) is 125 Å². The number of nitrogens with zero attached hydrogens (tertiary/aromatic N) is 3. The molecule has 0 bridgehead atoms. The Labute approximate surface area is 342 Å². The van der Waals surface area contributed by atoms with Crippen molar-refractivity contribution in [3.05, 3.63) is 143 Å². The van der Waals surface area contributed by atoms with E-state index < -0.39 is 11.9 Å². The maximum absolute atomic E-state index is 13.1. The highest BCUT2D eigenvalue weighted by atomic mass is 16.5. The van der Waals surface area contributed by atoms with Crippen LogP contribution in [0.3, 0.4) is 0 Å². The van der Waals surface area contributed by atoms with Gasteiger partial charge in [-0.3, -0.25) is 9.98 Å². The van der Waals surface area contributed by atoms with E-state index in [1.807, 2.05) is 54.6 Å². The Morgan fingerprint density at radius 3 is 1.31 bits per heavy atom. The van der Waals surface area contributed by atoms with Crippen molar-refractivity contribution in [2.24, 2.45) is 9.98 Å². The summed E-state index contributed by atoms with van der Waals surface area (Å²) in [6.07, 6.45) is 15.3. The predicted octanol–water partition coefficient (Wildman–Crippen LogP) is 12.2. The van der Waals surface area contributed by atoms with E-state index in [0.717, 1.165) is 46.8 Å². The minimum atomic E-state index is -0.667. The van der Waals surface area contributed by atoms with E-state index in [2.05, 4.69) is 23.8 Å². The van der Waals surface area contributed by atoms with Gasteiger partial charge >= 0.3 is 11.9 Å². The summed E-state index contributed by atoms with van der Waals surface area (Å²) in [5.74, 6) is 0.250. The van der Waals surface area contributed by atoms with Gasteiger partial charge in [-0.15, -0.1) is 0 Å². The van der Waals surface area contributed by atoms with Gasteiger partial charge in [-0.25, -0.2) is 9.59 Å². The molecule has 0 aromatic heterocycles. The average molecular weight is 778 g/mol. The highest BCUT2D eigenvalue weighted by molar-refractivity contribution is 5.94. The van der Waals surface area contributed by atoms with Gasteiger partial charge in [0, 0.05) is 12.4 Å². The number of aliphatic imine (C=N–C) groups is 2. The lowest BCUT2D eigenvalue weighted by molar-refractivity contribution is 0.0731. The second-order valence-corrected chi connectivity index (χ2v) is 13.8. The summed E-state index contributed by atoms with van der Waals surface area (Å²) in [4.78, 5) is 35.2. The SMILES string of the molecule is CCCCCCCOc1ccc(N=Cc2ccc(C(=O)Oc3cccc(OC(=O)c4ccc(C=Nc5ccc(OCCCCCCC)cc5)cc4)c3C#N)cc2)cc1. The number of rotatable bonds is 22. The van der Waals surface area contributed by atoms with Gasteiger partial charge in [-0.2, -0.15) is 5.26 Å². The first-order valence-corrected chi connectivity index (χ1v) is 20.2. The van der Waals surface area contributed by atoms with Crippen molar-refractivity contribution in [2.45, 2.75) is 78.1 Å². The van der Waals surface area contributed by atoms with E-state index in [9.17, 15) is 14.9 Å². The molecule has 298 valence electrons. The fourth-order valence-electron chi connectivity index (χ4n) is 5.87. The zero-order valence-corrected chi connectivity index (χ0v) is 33.4. The van der Waals surface area contributed by atoms with E-state index in [4.69, 9.17) is 18.9 Å². The van der Waals surface area contributed by atoms with E-state index in [1.165, 1.54) is 63.5 Å².